The number of anilines is 1. The maximum atomic E-state index is 9.28. The van der Waals surface area contributed by atoms with Gasteiger partial charge >= 0.3 is 0 Å². The minimum absolute atomic E-state index is 0.0898. The van der Waals surface area contributed by atoms with Crippen molar-refractivity contribution in [3.63, 3.8) is 0 Å². The van der Waals surface area contributed by atoms with Crippen molar-refractivity contribution in [3.8, 4) is 6.07 Å². The first-order chi connectivity index (χ1) is 15.2. The third-order valence-electron chi connectivity index (χ3n) is 7.06. The lowest BCUT2D eigenvalue weighted by Crippen LogP contribution is -2.44. The molecule has 0 aliphatic carbocycles. The Bertz CT molecular complexity index is 1110. The largest absolute Gasteiger partial charge is 0.462 e. The highest BCUT2D eigenvalue weighted by Crippen LogP contribution is 2.49. The van der Waals surface area contributed by atoms with Crippen molar-refractivity contribution in [1.82, 2.24) is 0 Å². The van der Waals surface area contributed by atoms with Gasteiger partial charge in [0.25, 0.3) is 5.70 Å². The van der Waals surface area contributed by atoms with Crippen LogP contribution in [-0.2, 0) is 15.6 Å². The zero-order valence-electron chi connectivity index (χ0n) is 19.7. The van der Waals surface area contributed by atoms with Crippen LogP contribution in [0, 0.1) is 17.9 Å². The van der Waals surface area contributed by atoms with Crippen molar-refractivity contribution in [2.75, 3.05) is 18.0 Å². The van der Waals surface area contributed by atoms with Gasteiger partial charge in [0.15, 0.2) is 0 Å². The zero-order chi connectivity index (χ0) is 23.1. The molecule has 3 aliphatic rings. The number of ether oxygens (including phenoxy) is 1. The molecule has 1 aromatic rings. The highest BCUT2D eigenvalue weighted by atomic mass is 16.5. The average molecular weight is 426 g/mol. The van der Waals surface area contributed by atoms with Crippen molar-refractivity contribution >= 4 is 11.8 Å². The molecule has 3 heterocycles. The summed E-state index contributed by atoms with van der Waals surface area (Å²) in [5.41, 5.74) is 6.46. The predicted molar refractivity (Wildman–Crippen MR) is 130 cm³/mol. The number of nitrogens with zero attached hydrogens (tertiary/aromatic N) is 3. The fraction of sp³-hybridized carbons (Fsp3) is 0.429. The molecule has 0 unspecified atom stereocenters. The second-order valence-corrected chi connectivity index (χ2v) is 10.2. The number of rotatable bonds is 3. The first kappa shape index (κ1) is 22.0. The molecule has 0 fully saturated rings. The molecule has 4 nitrogen and oxygen atoms in total. The van der Waals surface area contributed by atoms with Crippen LogP contribution < -0.4 is 4.90 Å². The van der Waals surface area contributed by atoms with E-state index in [2.05, 4.69) is 55.6 Å². The van der Waals surface area contributed by atoms with Crippen molar-refractivity contribution in [2.45, 2.75) is 64.7 Å². The van der Waals surface area contributed by atoms with Crippen LogP contribution in [-0.4, -0.2) is 13.1 Å². The van der Waals surface area contributed by atoms with Crippen molar-refractivity contribution < 1.29 is 4.74 Å². The van der Waals surface area contributed by atoms with E-state index in [1.807, 2.05) is 19.1 Å². The quantitative estimate of drug-likeness (QED) is 0.396. The normalized spacial score (nSPS) is 22.2. The topological polar surface area (TPSA) is 40.6 Å². The summed E-state index contributed by atoms with van der Waals surface area (Å²) < 4.78 is 5.99. The Hall–Kier alpha value is -3.24. The minimum atomic E-state index is 0.0898. The number of hydrogen-bond acceptors (Lipinski definition) is 3. The summed E-state index contributed by atoms with van der Waals surface area (Å²) in [6, 6.07) is 6.66. The van der Waals surface area contributed by atoms with Gasteiger partial charge < -0.3 is 9.64 Å². The predicted octanol–water partition coefficient (Wildman–Crippen LogP) is 6.77. The van der Waals surface area contributed by atoms with E-state index in [1.165, 1.54) is 16.8 Å². The highest BCUT2D eigenvalue weighted by molar-refractivity contribution is 5.72. The zero-order valence-corrected chi connectivity index (χ0v) is 19.7. The molecule has 4 rings (SSSR count). The van der Waals surface area contributed by atoms with Crippen LogP contribution in [0.25, 0.3) is 10.9 Å². The number of nitriles is 1. The molecule has 0 amide bonds. The van der Waals surface area contributed by atoms with Crippen LogP contribution >= 0.6 is 0 Å². The van der Waals surface area contributed by atoms with Gasteiger partial charge in [0, 0.05) is 25.2 Å². The van der Waals surface area contributed by atoms with Crippen LogP contribution in [0.5, 0.6) is 0 Å². The summed E-state index contributed by atoms with van der Waals surface area (Å²) in [5.74, 6) is 1.42. The van der Waals surface area contributed by atoms with Gasteiger partial charge in [-0.3, -0.25) is 0 Å². The fourth-order valence-corrected chi connectivity index (χ4v) is 4.86. The lowest BCUT2D eigenvalue weighted by atomic mass is 9.69. The summed E-state index contributed by atoms with van der Waals surface area (Å²) in [4.78, 5) is 5.94. The molecule has 164 valence electrons. The summed E-state index contributed by atoms with van der Waals surface area (Å²) in [7, 11) is 0. The molecule has 1 aromatic carbocycles. The van der Waals surface area contributed by atoms with E-state index in [1.54, 1.807) is 12.2 Å². The van der Waals surface area contributed by atoms with E-state index >= 15 is 0 Å². The summed E-state index contributed by atoms with van der Waals surface area (Å²) in [5, 5.41) is 9.28. The third-order valence-corrected chi connectivity index (χ3v) is 7.06. The molecular formula is C28H31N3O. The first-order valence-electron chi connectivity index (χ1n) is 11.4. The van der Waals surface area contributed by atoms with E-state index in [4.69, 9.17) is 11.3 Å². The summed E-state index contributed by atoms with van der Waals surface area (Å²) >= 11 is 0. The van der Waals surface area contributed by atoms with Crippen LogP contribution in [0.15, 0.2) is 53.1 Å². The monoisotopic (exact) mass is 425 g/mol. The maximum absolute atomic E-state index is 9.28. The standard InChI is InChI=1S/C28H31N3O/c1-7-21-16-20(25(18-29)30-6)17-22(32-21)9-8-19-14-23-26-24(15-19)28(4,5)11-13-31(26)12-10-27(23,2)3/h8-9,14-17H,7,10-13H2,1-5H3/b9-8+,25-20+. The number of benzene rings is 1. The average Bonchev–Trinajstić information content (AvgIpc) is 2.77. The molecule has 0 bridgehead atoms. The summed E-state index contributed by atoms with van der Waals surface area (Å²) in [6.07, 6.45) is 10.6. The van der Waals surface area contributed by atoms with E-state index in [0.717, 1.165) is 37.3 Å². The Kier molecular flexibility index (Phi) is 5.51. The van der Waals surface area contributed by atoms with Gasteiger partial charge in [-0.25, -0.2) is 10.1 Å². The Morgan fingerprint density at radius 2 is 1.75 bits per heavy atom. The fourth-order valence-electron chi connectivity index (χ4n) is 4.86. The van der Waals surface area contributed by atoms with Gasteiger partial charge in [-0.2, -0.15) is 0 Å². The molecule has 0 atom stereocenters. The van der Waals surface area contributed by atoms with Gasteiger partial charge in [-0.15, -0.1) is 0 Å². The molecule has 0 radical (unpaired) electrons. The van der Waals surface area contributed by atoms with Crippen molar-refractivity contribution in [3.05, 3.63) is 81.3 Å². The van der Waals surface area contributed by atoms with E-state index < -0.39 is 0 Å². The van der Waals surface area contributed by atoms with Crippen LogP contribution in [0.2, 0.25) is 0 Å². The Balaban J connectivity index is 1.77. The van der Waals surface area contributed by atoms with Crippen LogP contribution in [0.1, 0.15) is 70.6 Å². The molecular weight excluding hydrogens is 394 g/mol. The van der Waals surface area contributed by atoms with Gasteiger partial charge in [0.05, 0.1) is 12.6 Å². The minimum Gasteiger partial charge on any atom is -0.462 e. The molecule has 32 heavy (non-hydrogen) atoms. The van der Waals surface area contributed by atoms with Crippen molar-refractivity contribution in [2.24, 2.45) is 0 Å². The molecule has 0 N–H and O–H groups in total. The smallest absolute Gasteiger partial charge is 0.269 e. The molecule has 0 spiro atoms. The molecule has 3 aliphatic heterocycles. The maximum Gasteiger partial charge on any atom is 0.269 e. The van der Waals surface area contributed by atoms with Gasteiger partial charge in [-0.05, 0) is 76.3 Å². The second kappa shape index (κ2) is 8.03. The molecule has 0 saturated carbocycles. The van der Waals surface area contributed by atoms with Gasteiger partial charge in [0.1, 0.15) is 11.5 Å². The van der Waals surface area contributed by atoms with E-state index in [-0.39, 0.29) is 16.5 Å². The van der Waals surface area contributed by atoms with Crippen molar-refractivity contribution in [1.29, 1.82) is 5.26 Å². The summed E-state index contributed by atoms with van der Waals surface area (Å²) in [6.45, 7) is 20.9. The van der Waals surface area contributed by atoms with Gasteiger partial charge in [0.2, 0.25) is 0 Å². The number of hydrogen-bond donors (Lipinski definition) is 0. The molecule has 4 heteroatoms. The Morgan fingerprint density at radius 3 is 2.28 bits per heavy atom. The van der Waals surface area contributed by atoms with E-state index in [9.17, 15) is 5.26 Å². The van der Waals surface area contributed by atoms with Gasteiger partial charge in [-0.1, -0.05) is 40.7 Å². The lowest BCUT2D eigenvalue weighted by molar-refractivity contribution is 0.304. The van der Waals surface area contributed by atoms with Crippen LogP contribution in [0.4, 0.5) is 5.69 Å². The SMILES string of the molecule is [C-]#[N+]/C(C#N)=C1C=C(/C=C/c2cc3c4c(c2)C(C)(C)CCN4CCC3(C)C)OC(CC)=C/1. The Labute approximate surface area is 192 Å². The molecule has 0 aromatic heterocycles. The van der Waals surface area contributed by atoms with Crippen LogP contribution in [0.3, 0.4) is 0 Å². The Morgan fingerprint density at radius 1 is 1.12 bits per heavy atom. The van der Waals surface area contributed by atoms with E-state index in [0.29, 0.717) is 17.8 Å². The third kappa shape index (κ3) is 3.87. The lowest BCUT2D eigenvalue weighted by Gasteiger charge is -2.48. The number of allylic oxidation sites excluding steroid dienone is 6. The first-order valence-corrected chi connectivity index (χ1v) is 11.4. The highest BCUT2D eigenvalue weighted by Gasteiger charge is 2.39. The second-order valence-electron chi connectivity index (χ2n) is 10.2. The molecule has 0 saturated heterocycles.